The van der Waals surface area contributed by atoms with Crippen molar-refractivity contribution < 1.29 is 4.74 Å². The predicted octanol–water partition coefficient (Wildman–Crippen LogP) is 3.38. The van der Waals surface area contributed by atoms with E-state index in [0.717, 1.165) is 39.3 Å². The van der Waals surface area contributed by atoms with Crippen LogP contribution < -0.4 is 5.32 Å². The van der Waals surface area contributed by atoms with Gasteiger partial charge in [-0.05, 0) is 40.4 Å². The van der Waals surface area contributed by atoms with E-state index in [1.54, 1.807) is 7.11 Å². The Kier molecular flexibility index (Phi) is 8.01. The van der Waals surface area contributed by atoms with Gasteiger partial charge in [0, 0.05) is 48.0 Å². The van der Waals surface area contributed by atoms with E-state index in [1.165, 1.54) is 15.8 Å². The summed E-state index contributed by atoms with van der Waals surface area (Å²) in [4.78, 5) is 3.94. The summed E-state index contributed by atoms with van der Waals surface area (Å²) in [6, 6.07) is 2.22. The summed E-state index contributed by atoms with van der Waals surface area (Å²) in [5, 5.41) is 5.63. The first-order chi connectivity index (χ1) is 9.11. The zero-order valence-electron chi connectivity index (χ0n) is 12.2. The number of thiophene rings is 1. The summed E-state index contributed by atoms with van der Waals surface area (Å²) < 4.78 is 6.44. The number of methoxy groups -OCH3 is 1. The van der Waals surface area contributed by atoms with Gasteiger partial charge in [0.15, 0.2) is 0 Å². The van der Waals surface area contributed by atoms with Crippen LogP contribution in [-0.4, -0.2) is 44.8 Å². The van der Waals surface area contributed by atoms with Gasteiger partial charge in [0.1, 0.15) is 0 Å². The van der Waals surface area contributed by atoms with Crippen molar-refractivity contribution in [3.63, 3.8) is 0 Å². The largest absolute Gasteiger partial charge is 0.383 e. The first-order valence-corrected chi connectivity index (χ1v) is 8.43. The summed E-state index contributed by atoms with van der Waals surface area (Å²) >= 11 is 5.35. The van der Waals surface area contributed by atoms with Gasteiger partial charge in [-0.25, -0.2) is 0 Å². The van der Waals surface area contributed by atoms with Crippen LogP contribution in [0.1, 0.15) is 18.2 Å². The second-order valence-corrected chi connectivity index (χ2v) is 7.58. The minimum atomic E-state index is 0. The summed E-state index contributed by atoms with van der Waals surface area (Å²) in [7, 11) is 1.78. The minimum Gasteiger partial charge on any atom is -0.383 e. The fourth-order valence-corrected chi connectivity index (χ4v) is 4.13. The highest BCUT2D eigenvalue weighted by Crippen LogP contribution is 2.27. The van der Waals surface area contributed by atoms with Crippen molar-refractivity contribution in [3.8, 4) is 0 Å². The lowest BCUT2D eigenvalue weighted by Crippen LogP contribution is -2.38. The van der Waals surface area contributed by atoms with Crippen LogP contribution in [0.3, 0.4) is 0 Å². The molecule has 0 bridgehead atoms. The molecule has 0 aromatic carbocycles. The molecule has 1 aliphatic rings. The third-order valence-corrected chi connectivity index (χ3v) is 5.36. The highest BCUT2D eigenvalue weighted by Gasteiger charge is 2.30. The molecule has 6 heteroatoms. The van der Waals surface area contributed by atoms with E-state index < -0.39 is 0 Å². The first-order valence-electron chi connectivity index (χ1n) is 6.76. The fraction of sp³-hybridized carbons (Fsp3) is 0.714. The lowest BCUT2D eigenvalue weighted by molar-refractivity contribution is 0.114. The SMILES string of the molecule is COCCN(Cc1cc(Br)cs1)CC1(C)CCNC1.Cl. The van der Waals surface area contributed by atoms with Gasteiger partial charge < -0.3 is 10.1 Å². The number of nitrogens with zero attached hydrogens (tertiary/aromatic N) is 1. The smallest absolute Gasteiger partial charge is 0.0589 e. The molecule has 1 aromatic rings. The lowest BCUT2D eigenvalue weighted by Gasteiger charge is -2.31. The Labute approximate surface area is 140 Å². The predicted molar refractivity (Wildman–Crippen MR) is 92.0 cm³/mol. The molecule has 1 N–H and O–H groups in total. The van der Waals surface area contributed by atoms with Crippen molar-refractivity contribution in [1.29, 1.82) is 0 Å². The average Bonchev–Trinajstić information content (AvgIpc) is 2.96. The van der Waals surface area contributed by atoms with Crippen LogP contribution >= 0.6 is 39.7 Å². The van der Waals surface area contributed by atoms with Gasteiger partial charge in [-0.2, -0.15) is 0 Å². The first kappa shape index (κ1) is 18.4. The molecule has 1 atom stereocenters. The molecule has 1 aromatic heterocycles. The van der Waals surface area contributed by atoms with E-state index in [-0.39, 0.29) is 12.4 Å². The zero-order valence-corrected chi connectivity index (χ0v) is 15.4. The van der Waals surface area contributed by atoms with E-state index in [0.29, 0.717) is 5.41 Å². The Balaban J connectivity index is 0.00000200. The number of nitrogens with one attached hydrogen (secondary N) is 1. The standard InChI is InChI=1S/C14H23BrN2OS.ClH/c1-14(3-4-16-10-14)11-17(5-6-18-2)8-13-7-12(15)9-19-13;/h7,9,16H,3-6,8,10-11H2,1-2H3;1H. The van der Waals surface area contributed by atoms with E-state index in [4.69, 9.17) is 4.74 Å². The topological polar surface area (TPSA) is 24.5 Å². The number of hydrogen-bond donors (Lipinski definition) is 1. The van der Waals surface area contributed by atoms with E-state index >= 15 is 0 Å². The Hall–Kier alpha value is 0.350. The molecule has 2 rings (SSSR count). The molecule has 20 heavy (non-hydrogen) atoms. The molecule has 2 heterocycles. The van der Waals surface area contributed by atoms with Gasteiger partial charge in [0.2, 0.25) is 0 Å². The molecule has 3 nitrogen and oxygen atoms in total. The van der Waals surface area contributed by atoms with Gasteiger partial charge in [-0.1, -0.05) is 6.92 Å². The Morgan fingerprint density at radius 3 is 2.90 bits per heavy atom. The summed E-state index contributed by atoms with van der Waals surface area (Å²) in [6.07, 6.45) is 1.27. The van der Waals surface area contributed by atoms with Crippen LogP contribution in [0, 0.1) is 5.41 Å². The van der Waals surface area contributed by atoms with Gasteiger partial charge in [-0.3, -0.25) is 4.90 Å². The molecule has 0 saturated carbocycles. The maximum absolute atomic E-state index is 5.25. The van der Waals surface area contributed by atoms with Gasteiger partial charge in [-0.15, -0.1) is 23.7 Å². The third-order valence-electron chi connectivity index (χ3n) is 3.68. The van der Waals surface area contributed by atoms with Gasteiger partial charge in [0.25, 0.3) is 0 Å². The van der Waals surface area contributed by atoms with Gasteiger partial charge >= 0.3 is 0 Å². The van der Waals surface area contributed by atoms with Crippen molar-refractivity contribution in [2.45, 2.75) is 19.9 Å². The molecule has 0 aliphatic carbocycles. The molecule has 0 spiro atoms. The quantitative estimate of drug-likeness (QED) is 0.781. The van der Waals surface area contributed by atoms with Crippen molar-refractivity contribution in [2.75, 3.05) is 39.9 Å². The second-order valence-electron chi connectivity index (χ2n) is 5.67. The highest BCUT2D eigenvalue weighted by atomic mass is 79.9. The van der Waals surface area contributed by atoms with Crippen molar-refractivity contribution >= 4 is 39.7 Å². The van der Waals surface area contributed by atoms with Crippen LogP contribution in [0.4, 0.5) is 0 Å². The second kappa shape index (κ2) is 8.71. The average molecular weight is 384 g/mol. The summed E-state index contributed by atoms with van der Waals surface area (Å²) in [5.74, 6) is 0. The van der Waals surface area contributed by atoms with Crippen LogP contribution in [0.5, 0.6) is 0 Å². The molecular weight excluding hydrogens is 360 g/mol. The Morgan fingerprint density at radius 2 is 2.35 bits per heavy atom. The van der Waals surface area contributed by atoms with E-state index in [1.807, 2.05) is 11.3 Å². The molecular formula is C14H24BrClN2OS. The number of hydrogen-bond acceptors (Lipinski definition) is 4. The number of rotatable bonds is 7. The maximum Gasteiger partial charge on any atom is 0.0589 e. The monoisotopic (exact) mass is 382 g/mol. The van der Waals surface area contributed by atoms with E-state index in [9.17, 15) is 0 Å². The molecule has 1 saturated heterocycles. The maximum atomic E-state index is 5.25. The lowest BCUT2D eigenvalue weighted by atomic mass is 9.89. The molecule has 1 unspecified atom stereocenters. The van der Waals surface area contributed by atoms with Crippen LogP contribution in [-0.2, 0) is 11.3 Å². The van der Waals surface area contributed by atoms with E-state index in [2.05, 4.69) is 44.5 Å². The Morgan fingerprint density at radius 1 is 1.55 bits per heavy atom. The third kappa shape index (κ3) is 5.62. The molecule has 1 aliphatic heterocycles. The van der Waals surface area contributed by atoms with Crippen LogP contribution in [0.2, 0.25) is 0 Å². The molecule has 0 amide bonds. The fourth-order valence-electron chi connectivity index (χ4n) is 2.64. The molecule has 116 valence electrons. The normalized spacial score (nSPS) is 22.2. The number of halogens is 2. The molecule has 0 radical (unpaired) electrons. The molecule has 1 fully saturated rings. The summed E-state index contributed by atoms with van der Waals surface area (Å²) in [5.41, 5.74) is 0.405. The highest BCUT2D eigenvalue weighted by molar-refractivity contribution is 9.10. The van der Waals surface area contributed by atoms with Crippen molar-refractivity contribution in [2.24, 2.45) is 5.41 Å². The van der Waals surface area contributed by atoms with Crippen molar-refractivity contribution in [3.05, 3.63) is 20.8 Å². The zero-order chi connectivity index (χ0) is 13.7. The van der Waals surface area contributed by atoms with Crippen LogP contribution in [0.15, 0.2) is 15.9 Å². The van der Waals surface area contributed by atoms with Crippen LogP contribution in [0.25, 0.3) is 0 Å². The Bertz CT molecular complexity index is 396. The van der Waals surface area contributed by atoms with Crippen molar-refractivity contribution in [1.82, 2.24) is 10.2 Å². The van der Waals surface area contributed by atoms with Gasteiger partial charge in [0.05, 0.1) is 6.61 Å². The summed E-state index contributed by atoms with van der Waals surface area (Å²) in [6.45, 7) is 8.63. The number of ether oxygens (including phenoxy) is 1. The minimum absolute atomic E-state index is 0.